The van der Waals surface area contributed by atoms with Gasteiger partial charge in [0.05, 0.1) is 33.0 Å². The van der Waals surface area contributed by atoms with Crippen LogP contribution in [0.2, 0.25) is 0 Å². The lowest BCUT2D eigenvalue weighted by Crippen LogP contribution is -2.68. The third-order valence-electron chi connectivity index (χ3n) is 7.25. The molecule has 0 bridgehead atoms. The summed E-state index contributed by atoms with van der Waals surface area (Å²) in [5.74, 6) is -1.75. The molecule has 0 saturated carbocycles. The van der Waals surface area contributed by atoms with Gasteiger partial charge < -0.3 is 28.8 Å². The Kier molecular flexibility index (Phi) is 11.2. The van der Waals surface area contributed by atoms with E-state index >= 15 is 0 Å². The van der Waals surface area contributed by atoms with Crippen molar-refractivity contribution in [3.05, 3.63) is 144 Å². The summed E-state index contributed by atoms with van der Waals surface area (Å²) >= 11 is 4.50. The minimum atomic E-state index is -1.74. The maximum Gasteiger partial charge on any atom is 0.204 e. The highest BCUT2D eigenvalue weighted by Gasteiger charge is 2.55. The van der Waals surface area contributed by atoms with Gasteiger partial charge in [0.15, 0.2) is 0 Å². The fourth-order valence-electron chi connectivity index (χ4n) is 5.06. The van der Waals surface area contributed by atoms with Crippen molar-refractivity contribution in [1.29, 1.82) is 0 Å². The highest BCUT2D eigenvalue weighted by Crippen LogP contribution is 2.36. The second kappa shape index (κ2) is 15.5. The molecule has 1 unspecified atom stereocenters. The molecule has 1 aliphatic heterocycles. The largest absolute Gasteiger partial charge is 0.374 e. The normalized spacial score (nSPS) is 24.0. The molecule has 1 N–H and O–H groups in total. The van der Waals surface area contributed by atoms with Crippen molar-refractivity contribution in [2.24, 2.45) is 0 Å². The van der Waals surface area contributed by atoms with Crippen molar-refractivity contribution < 1.29 is 28.8 Å². The third-order valence-corrected chi connectivity index (χ3v) is 7.70. The van der Waals surface area contributed by atoms with E-state index in [-0.39, 0.29) is 19.0 Å². The van der Waals surface area contributed by atoms with E-state index in [4.69, 9.17) is 23.7 Å². The first-order valence-corrected chi connectivity index (χ1v) is 14.9. The number of aliphatic hydroxyl groups is 1. The Morgan fingerprint density at radius 3 is 1.43 bits per heavy atom. The van der Waals surface area contributed by atoms with Crippen molar-refractivity contribution in [2.45, 2.75) is 56.6 Å². The minimum Gasteiger partial charge on any atom is -0.374 e. The van der Waals surface area contributed by atoms with Gasteiger partial charge in [0.2, 0.25) is 5.79 Å². The first-order valence-electron chi connectivity index (χ1n) is 14.2. The zero-order valence-corrected chi connectivity index (χ0v) is 24.4. The molecule has 1 aliphatic rings. The van der Waals surface area contributed by atoms with Crippen molar-refractivity contribution in [3.8, 4) is 0 Å². The average Bonchev–Trinajstić information content (AvgIpc) is 3.05. The van der Waals surface area contributed by atoms with E-state index in [2.05, 4.69) is 12.6 Å². The van der Waals surface area contributed by atoms with Gasteiger partial charge in [-0.1, -0.05) is 121 Å². The van der Waals surface area contributed by atoms with Gasteiger partial charge in [-0.05, 0) is 22.3 Å². The van der Waals surface area contributed by atoms with E-state index < -0.39 is 30.2 Å². The lowest BCUT2D eigenvalue weighted by Gasteiger charge is -2.50. The van der Waals surface area contributed by atoms with E-state index in [0.29, 0.717) is 19.8 Å². The minimum absolute atomic E-state index is 0.00174. The molecule has 1 saturated heterocycles. The van der Waals surface area contributed by atoms with Gasteiger partial charge >= 0.3 is 0 Å². The first-order chi connectivity index (χ1) is 20.6. The fourth-order valence-corrected chi connectivity index (χ4v) is 5.32. The molecule has 1 heterocycles. The van der Waals surface area contributed by atoms with Crippen molar-refractivity contribution in [1.82, 2.24) is 0 Å². The summed E-state index contributed by atoms with van der Waals surface area (Å²) in [5.41, 5.74) is 4.02. The molecular weight excluding hydrogens is 548 g/mol. The summed E-state index contributed by atoms with van der Waals surface area (Å²) < 4.78 is 32.0. The Bertz CT molecular complexity index is 1310. The molecule has 42 heavy (non-hydrogen) atoms. The first kappa shape index (κ1) is 30.4. The van der Waals surface area contributed by atoms with Crippen LogP contribution >= 0.6 is 12.6 Å². The van der Waals surface area contributed by atoms with E-state index in [1.807, 2.05) is 121 Å². The quantitative estimate of drug-likeness (QED) is 0.177. The van der Waals surface area contributed by atoms with Crippen LogP contribution in [-0.2, 0) is 50.1 Å². The zero-order valence-electron chi connectivity index (χ0n) is 23.5. The molecule has 0 spiro atoms. The van der Waals surface area contributed by atoms with E-state index in [1.165, 1.54) is 0 Å². The predicted molar refractivity (Wildman–Crippen MR) is 165 cm³/mol. The van der Waals surface area contributed by atoms with Crippen LogP contribution < -0.4 is 0 Å². The number of thiol groups is 1. The standard InChI is InChI=1S/C35H38O6S/c36-35(26-42)34(40-24-30-19-11-4-12-20-30)33(39-23-29-17-9-3-10-18-29)32(38-22-28-15-7-2-8-16-28)31(41-35)25-37-21-27-13-5-1-6-14-27/h1-20,31-34,36,42H,21-26H2/t31?,32-,33+,34-,35+/m1/s1. The second-order valence-corrected chi connectivity index (χ2v) is 10.7. The summed E-state index contributed by atoms with van der Waals surface area (Å²) in [6.45, 7) is 1.48. The second-order valence-electron chi connectivity index (χ2n) is 10.4. The van der Waals surface area contributed by atoms with Gasteiger partial charge in [-0.2, -0.15) is 12.6 Å². The zero-order chi connectivity index (χ0) is 29.0. The van der Waals surface area contributed by atoms with Gasteiger partial charge in [-0.15, -0.1) is 0 Å². The molecule has 220 valence electrons. The number of hydrogen-bond donors (Lipinski definition) is 2. The van der Waals surface area contributed by atoms with Gasteiger partial charge in [-0.3, -0.25) is 0 Å². The Balaban J connectivity index is 1.42. The van der Waals surface area contributed by atoms with Crippen LogP contribution in [0.15, 0.2) is 121 Å². The molecule has 6 nitrogen and oxygen atoms in total. The van der Waals surface area contributed by atoms with Gasteiger partial charge in [0.25, 0.3) is 0 Å². The summed E-state index contributed by atoms with van der Waals surface area (Å²) in [4.78, 5) is 0. The molecule has 1 fully saturated rings. The van der Waals surface area contributed by atoms with Crippen molar-refractivity contribution in [3.63, 3.8) is 0 Å². The highest BCUT2D eigenvalue weighted by molar-refractivity contribution is 7.80. The Morgan fingerprint density at radius 1 is 0.571 bits per heavy atom. The van der Waals surface area contributed by atoms with E-state index in [9.17, 15) is 5.11 Å². The molecule has 7 heteroatoms. The molecule has 0 radical (unpaired) electrons. The molecule has 4 aromatic carbocycles. The molecule has 0 amide bonds. The third kappa shape index (κ3) is 8.30. The maximum atomic E-state index is 11.9. The number of ether oxygens (including phenoxy) is 5. The van der Waals surface area contributed by atoms with Gasteiger partial charge in [-0.25, -0.2) is 0 Å². The smallest absolute Gasteiger partial charge is 0.204 e. The van der Waals surface area contributed by atoms with Gasteiger partial charge in [0.1, 0.15) is 24.4 Å². The fraction of sp³-hybridized carbons (Fsp3) is 0.314. The molecule has 4 aromatic rings. The van der Waals surface area contributed by atoms with E-state index in [0.717, 1.165) is 22.3 Å². The molecule has 5 rings (SSSR count). The number of benzene rings is 4. The van der Waals surface area contributed by atoms with Crippen LogP contribution in [0.4, 0.5) is 0 Å². The summed E-state index contributed by atoms with van der Waals surface area (Å²) in [5, 5.41) is 11.9. The lowest BCUT2D eigenvalue weighted by atomic mass is 9.92. The van der Waals surface area contributed by atoms with E-state index in [1.54, 1.807) is 0 Å². The van der Waals surface area contributed by atoms with Crippen LogP contribution in [0.1, 0.15) is 22.3 Å². The van der Waals surface area contributed by atoms with Crippen molar-refractivity contribution >= 4 is 12.6 Å². The van der Waals surface area contributed by atoms with Crippen LogP contribution in [0.5, 0.6) is 0 Å². The number of rotatable bonds is 14. The summed E-state index contributed by atoms with van der Waals surface area (Å²) in [6.07, 6.45) is -2.82. The monoisotopic (exact) mass is 586 g/mol. The Labute approximate surface area is 253 Å². The van der Waals surface area contributed by atoms with Crippen LogP contribution in [0, 0.1) is 0 Å². The predicted octanol–water partition coefficient (Wildman–Crippen LogP) is 5.98. The molecule has 5 atom stereocenters. The van der Waals surface area contributed by atoms with Gasteiger partial charge in [0, 0.05) is 5.75 Å². The molecule has 0 aliphatic carbocycles. The Hall–Kier alpha value is -3.01. The van der Waals surface area contributed by atoms with Crippen LogP contribution in [-0.4, -0.2) is 47.7 Å². The molecular formula is C35H38O6S. The SMILES string of the molecule is O[C@@]1(CS)OC(COCc2ccccc2)[C@@H](OCc2ccccc2)[C@H](OCc2ccccc2)[C@H]1OCc1ccccc1. The van der Waals surface area contributed by atoms with Crippen LogP contribution in [0.25, 0.3) is 0 Å². The lowest BCUT2D eigenvalue weighted by molar-refractivity contribution is -0.361. The highest BCUT2D eigenvalue weighted by atomic mass is 32.1. The number of hydrogen-bond acceptors (Lipinski definition) is 7. The average molecular weight is 587 g/mol. The molecule has 0 aromatic heterocycles. The summed E-state index contributed by atoms with van der Waals surface area (Å²) in [6, 6.07) is 39.6. The maximum absolute atomic E-state index is 11.9. The van der Waals surface area contributed by atoms with Crippen molar-refractivity contribution in [2.75, 3.05) is 12.4 Å². The topological polar surface area (TPSA) is 66.4 Å². The Morgan fingerprint density at radius 2 is 0.976 bits per heavy atom. The van der Waals surface area contributed by atoms with Crippen LogP contribution in [0.3, 0.4) is 0 Å². The summed E-state index contributed by atoms with van der Waals surface area (Å²) in [7, 11) is 0.